The van der Waals surface area contributed by atoms with Crippen molar-refractivity contribution in [3.05, 3.63) is 45.1 Å². The molecule has 1 amide bonds. The first kappa shape index (κ1) is 13.4. The maximum absolute atomic E-state index is 11.6. The number of fused-ring (bicyclic) bond motifs is 1. The number of nitrogens with two attached hydrogens (primary N) is 1. The highest BCUT2D eigenvalue weighted by molar-refractivity contribution is 7.07. The summed E-state index contributed by atoms with van der Waals surface area (Å²) in [6.07, 6.45) is 0. The quantitative estimate of drug-likeness (QED) is 0.916. The maximum atomic E-state index is 11.6. The van der Waals surface area contributed by atoms with Crippen LogP contribution in [-0.2, 0) is 11.3 Å². The van der Waals surface area contributed by atoms with Gasteiger partial charge >= 0.3 is 0 Å². The van der Waals surface area contributed by atoms with E-state index in [1.807, 2.05) is 18.5 Å². The molecule has 0 bridgehead atoms. The summed E-state index contributed by atoms with van der Waals surface area (Å²) in [6, 6.07) is 5.12. The summed E-state index contributed by atoms with van der Waals surface area (Å²) in [5.74, 6) is -0.186. The molecule has 0 saturated carbocycles. The van der Waals surface area contributed by atoms with Crippen molar-refractivity contribution in [1.29, 1.82) is 0 Å². The van der Waals surface area contributed by atoms with E-state index in [9.17, 15) is 4.79 Å². The second kappa shape index (κ2) is 5.09. The molecule has 2 aromatic rings. The third-order valence-corrected chi connectivity index (χ3v) is 4.44. The molecule has 1 unspecified atom stereocenters. The van der Waals surface area contributed by atoms with E-state index in [1.165, 1.54) is 5.56 Å². The van der Waals surface area contributed by atoms with Gasteiger partial charge in [0.1, 0.15) is 6.04 Å². The summed E-state index contributed by atoms with van der Waals surface area (Å²) in [7, 11) is 1.97. The number of rotatable bonds is 3. The Labute approximate surface area is 126 Å². The third kappa shape index (κ3) is 2.28. The molecule has 0 aliphatic carbocycles. The Morgan fingerprint density at radius 3 is 3.00 bits per heavy atom. The Morgan fingerprint density at radius 1 is 1.50 bits per heavy atom. The van der Waals surface area contributed by atoms with Gasteiger partial charge in [0.2, 0.25) is 5.91 Å². The number of anilines is 2. The molecule has 0 fully saturated rings. The predicted octanol–water partition coefficient (Wildman–Crippen LogP) is 2.99. The first-order valence-corrected chi connectivity index (χ1v) is 7.50. The molecule has 6 heteroatoms. The van der Waals surface area contributed by atoms with Crippen LogP contribution in [0.1, 0.15) is 17.2 Å². The average molecular weight is 308 g/mol. The van der Waals surface area contributed by atoms with E-state index in [0.29, 0.717) is 5.02 Å². The number of halogens is 1. The van der Waals surface area contributed by atoms with Crippen LogP contribution in [0, 0.1) is 0 Å². The van der Waals surface area contributed by atoms with Gasteiger partial charge < -0.3 is 16.0 Å². The number of thiophene rings is 1. The minimum atomic E-state index is -0.626. The number of carbonyl (C=O) groups excluding carboxylic acids is 1. The van der Waals surface area contributed by atoms with E-state index in [1.54, 1.807) is 17.4 Å². The fourth-order valence-corrected chi connectivity index (χ4v) is 3.30. The molecule has 1 aliphatic rings. The predicted molar refractivity (Wildman–Crippen MR) is 83.4 cm³/mol. The Balaban J connectivity index is 1.91. The molecule has 3 rings (SSSR count). The smallest absolute Gasteiger partial charge is 0.245 e. The van der Waals surface area contributed by atoms with Gasteiger partial charge in [-0.3, -0.25) is 4.79 Å². The number of nitrogens with zero attached hydrogens (tertiary/aromatic N) is 1. The van der Waals surface area contributed by atoms with Gasteiger partial charge in [0.05, 0.1) is 10.7 Å². The Morgan fingerprint density at radius 2 is 2.30 bits per heavy atom. The largest absolute Gasteiger partial charge is 0.369 e. The lowest BCUT2D eigenvalue weighted by molar-refractivity contribution is -0.116. The number of carbonyl (C=O) groups is 1. The standard InChI is InChI=1S/C14H14ClN3OS/c1-18(6-8-2-3-20-7-8)12-5-11-9(4-10(12)15)13(16)14(19)17-11/h2-5,7,13H,6,16H2,1H3,(H,17,19). The zero-order valence-corrected chi connectivity index (χ0v) is 12.5. The second-order valence-electron chi connectivity index (χ2n) is 4.85. The molecule has 0 spiro atoms. The van der Waals surface area contributed by atoms with E-state index >= 15 is 0 Å². The third-order valence-electron chi connectivity index (χ3n) is 3.41. The molecule has 1 aromatic heterocycles. The minimum Gasteiger partial charge on any atom is -0.369 e. The van der Waals surface area contributed by atoms with Crippen LogP contribution in [0.4, 0.5) is 11.4 Å². The van der Waals surface area contributed by atoms with E-state index in [4.69, 9.17) is 17.3 Å². The lowest BCUT2D eigenvalue weighted by atomic mass is 10.1. The molecule has 4 nitrogen and oxygen atoms in total. The number of amides is 1. The molecule has 2 heterocycles. The molecule has 1 aromatic carbocycles. The van der Waals surface area contributed by atoms with Crippen LogP contribution in [-0.4, -0.2) is 13.0 Å². The van der Waals surface area contributed by atoms with Crippen LogP contribution in [0.3, 0.4) is 0 Å². The number of benzene rings is 1. The van der Waals surface area contributed by atoms with Crippen molar-refractivity contribution in [2.75, 3.05) is 17.3 Å². The molecule has 104 valence electrons. The van der Waals surface area contributed by atoms with Crippen LogP contribution in [0.15, 0.2) is 29.0 Å². The molecule has 0 saturated heterocycles. The normalized spacial score (nSPS) is 16.9. The van der Waals surface area contributed by atoms with Crippen molar-refractivity contribution in [3.8, 4) is 0 Å². The zero-order valence-electron chi connectivity index (χ0n) is 10.9. The lowest BCUT2D eigenvalue weighted by Crippen LogP contribution is -2.19. The Bertz CT molecular complexity index is 657. The van der Waals surface area contributed by atoms with Gasteiger partial charge in [0.25, 0.3) is 0 Å². The van der Waals surface area contributed by atoms with Crippen molar-refractivity contribution >= 4 is 40.2 Å². The second-order valence-corrected chi connectivity index (χ2v) is 6.03. The first-order chi connectivity index (χ1) is 9.56. The van der Waals surface area contributed by atoms with Crippen LogP contribution < -0.4 is 16.0 Å². The van der Waals surface area contributed by atoms with E-state index in [-0.39, 0.29) is 5.91 Å². The molecule has 0 radical (unpaired) electrons. The number of nitrogens with one attached hydrogen (secondary N) is 1. The minimum absolute atomic E-state index is 0.186. The topological polar surface area (TPSA) is 58.4 Å². The van der Waals surface area contributed by atoms with Crippen molar-refractivity contribution in [3.63, 3.8) is 0 Å². The number of hydrogen-bond acceptors (Lipinski definition) is 4. The molecule has 20 heavy (non-hydrogen) atoms. The van der Waals surface area contributed by atoms with Crippen LogP contribution in [0.25, 0.3) is 0 Å². The molecule has 1 aliphatic heterocycles. The van der Waals surface area contributed by atoms with Gasteiger partial charge in [-0.2, -0.15) is 11.3 Å². The van der Waals surface area contributed by atoms with Gasteiger partial charge in [-0.15, -0.1) is 0 Å². The van der Waals surface area contributed by atoms with Crippen molar-refractivity contribution < 1.29 is 4.79 Å². The highest BCUT2D eigenvalue weighted by Gasteiger charge is 2.28. The van der Waals surface area contributed by atoms with E-state index in [2.05, 4.69) is 21.7 Å². The number of hydrogen-bond donors (Lipinski definition) is 2. The van der Waals surface area contributed by atoms with Gasteiger partial charge in [-0.25, -0.2) is 0 Å². The average Bonchev–Trinajstić information content (AvgIpc) is 3.00. The summed E-state index contributed by atoms with van der Waals surface area (Å²) in [5, 5.41) is 7.54. The fourth-order valence-electron chi connectivity index (χ4n) is 2.33. The summed E-state index contributed by atoms with van der Waals surface area (Å²) in [6.45, 7) is 0.766. The monoisotopic (exact) mass is 307 g/mol. The Hall–Kier alpha value is -1.56. The zero-order chi connectivity index (χ0) is 14.3. The first-order valence-electron chi connectivity index (χ1n) is 6.18. The molecule has 3 N–H and O–H groups in total. The highest BCUT2D eigenvalue weighted by atomic mass is 35.5. The Kier molecular flexibility index (Phi) is 3.41. The SMILES string of the molecule is CN(Cc1ccsc1)c1cc2c(cc1Cl)C(N)C(=O)N2. The van der Waals surface area contributed by atoms with Gasteiger partial charge in [-0.05, 0) is 34.5 Å². The maximum Gasteiger partial charge on any atom is 0.245 e. The van der Waals surface area contributed by atoms with Crippen LogP contribution in [0.2, 0.25) is 5.02 Å². The van der Waals surface area contributed by atoms with E-state index in [0.717, 1.165) is 23.5 Å². The van der Waals surface area contributed by atoms with Gasteiger partial charge in [0, 0.05) is 24.8 Å². The summed E-state index contributed by atoms with van der Waals surface area (Å²) >= 11 is 7.99. The summed E-state index contributed by atoms with van der Waals surface area (Å²) < 4.78 is 0. The van der Waals surface area contributed by atoms with Crippen LogP contribution >= 0.6 is 22.9 Å². The molecule has 1 atom stereocenters. The molecular formula is C14H14ClN3OS. The van der Waals surface area contributed by atoms with Gasteiger partial charge in [-0.1, -0.05) is 11.6 Å². The van der Waals surface area contributed by atoms with Crippen molar-refractivity contribution in [2.24, 2.45) is 5.73 Å². The summed E-state index contributed by atoms with van der Waals surface area (Å²) in [5.41, 5.74) is 9.43. The van der Waals surface area contributed by atoms with E-state index < -0.39 is 6.04 Å². The van der Waals surface area contributed by atoms with Crippen molar-refractivity contribution in [2.45, 2.75) is 12.6 Å². The van der Waals surface area contributed by atoms with Crippen LogP contribution in [0.5, 0.6) is 0 Å². The highest BCUT2D eigenvalue weighted by Crippen LogP contribution is 2.38. The van der Waals surface area contributed by atoms with Crippen molar-refractivity contribution in [1.82, 2.24) is 0 Å². The lowest BCUT2D eigenvalue weighted by Gasteiger charge is -2.21. The molecular weight excluding hydrogens is 294 g/mol. The van der Waals surface area contributed by atoms with Gasteiger partial charge in [0.15, 0.2) is 0 Å². The summed E-state index contributed by atoms with van der Waals surface area (Å²) in [4.78, 5) is 13.6. The fraction of sp³-hybridized carbons (Fsp3) is 0.214.